The zero-order valence-electron chi connectivity index (χ0n) is 28.3. The summed E-state index contributed by atoms with van der Waals surface area (Å²) in [6, 6.07) is 68.6. The summed E-state index contributed by atoms with van der Waals surface area (Å²) in [5.74, 6) is 1.92. The van der Waals surface area contributed by atoms with Gasteiger partial charge >= 0.3 is 0 Å². The normalized spacial score (nSPS) is 12.8. The fraction of sp³-hybridized carbons (Fsp3) is 0.0208. The van der Waals surface area contributed by atoms with Crippen LogP contribution in [-0.2, 0) is 5.41 Å². The zero-order chi connectivity index (χ0) is 34.5. The van der Waals surface area contributed by atoms with E-state index in [0.717, 1.165) is 27.9 Å². The molecule has 0 bridgehead atoms. The van der Waals surface area contributed by atoms with Crippen LogP contribution < -0.4 is 0 Å². The summed E-state index contributed by atoms with van der Waals surface area (Å²) in [5.41, 5.74) is 11.9. The van der Waals surface area contributed by atoms with Crippen LogP contribution >= 0.6 is 0 Å². The first-order valence-corrected chi connectivity index (χ1v) is 17.6. The predicted molar refractivity (Wildman–Crippen MR) is 210 cm³/mol. The highest BCUT2D eigenvalue weighted by atomic mass is 15.0. The molecule has 9 aromatic rings. The molecule has 0 unspecified atom stereocenters. The van der Waals surface area contributed by atoms with Gasteiger partial charge in [0.25, 0.3) is 0 Å². The summed E-state index contributed by atoms with van der Waals surface area (Å²) >= 11 is 0. The van der Waals surface area contributed by atoms with Gasteiger partial charge < -0.3 is 4.57 Å². The van der Waals surface area contributed by atoms with Gasteiger partial charge in [0.1, 0.15) is 0 Å². The summed E-state index contributed by atoms with van der Waals surface area (Å²) in [6.45, 7) is 0. The Morgan fingerprint density at radius 3 is 1.42 bits per heavy atom. The van der Waals surface area contributed by atoms with Crippen LogP contribution in [0.5, 0.6) is 0 Å². The number of rotatable bonds is 6. The first-order valence-electron chi connectivity index (χ1n) is 17.6. The molecule has 0 spiro atoms. The number of fused-ring (bicyclic) bond motifs is 5. The van der Waals surface area contributed by atoms with E-state index >= 15 is 0 Å². The summed E-state index contributed by atoms with van der Waals surface area (Å²) in [4.78, 5) is 15.2. The molecule has 0 saturated carbocycles. The van der Waals surface area contributed by atoms with Crippen molar-refractivity contribution in [1.82, 2.24) is 19.5 Å². The van der Waals surface area contributed by atoms with Crippen LogP contribution in [0.15, 0.2) is 194 Å². The third-order valence-electron chi connectivity index (χ3n) is 10.3. The van der Waals surface area contributed by atoms with Gasteiger partial charge in [0.15, 0.2) is 17.5 Å². The van der Waals surface area contributed by atoms with Gasteiger partial charge in [-0.05, 0) is 34.9 Å². The molecule has 7 aromatic carbocycles. The van der Waals surface area contributed by atoms with Crippen molar-refractivity contribution in [1.29, 1.82) is 0 Å². The van der Waals surface area contributed by atoms with Crippen molar-refractivity contribution in [3.63, 3.8) is 0 Å². The van der Waals surface area contributed by atoms with Crippen LogP contribution in [0, 0.1) is 0 Å². The summed E-state index contributed by atoms with van der Waals surface area (Å²) in [7, 11) is 0. The molecule has 244 valence electrons. The predicted octanol–water partition coefficient (Wildman–Crippen LogP) is 11.2. The first kappa shape index (κ1) is 30.0. The fourth-order valence-corrected chi connectivity index (χ4v) is 8.14. The van der Waals surface area contributed by atoms with Gasteiger partial charge in [-0.3, -0.25) is 0 Å². The van der Waals surface area contributed by atoms with E-state index in [2.05, 4.69) is 138 Å². The smallest absolute Gasteiger partial charge is 0.164 e. The van der Waals surface area contributed by atoms with Crippen LogP contribution in [0.2, 0.25) is 0 Å². The molecule has 4 heteroatoms. The van der Waals surface area contributed by atoms with Crippen LogP contribution in [0.25, 0.3) is 62.0 Å². The highest BCUT2D eigenvalue weighted by molar-refractivity contribution is 6.03. The SMILES string of the molecule is c1ccc(-c2nc(-c3ccccc3)nc(-c3ccc4c5c(n(-c6ccccc6)c4c3)-c3ccccc3C5(c3ccccc3)c3ccccc3)n2)cc1. The maximum Gasteiger partial charge on any atom is 0.164 e. The van der Waals surface area contributed by atoms with Gasteiger partial charge in [0, 0.05) is 38.9 Å². The average molecular weight is 665 g/mol. The molecule has 52 heavy (non-hydrogen) atoms. The second-order valence-corrected chi connectivity index (χ2v) is 13.2. The molecule has 0 saturated heterocycles. The Morgan fingerprint density at radius 2 is 0.865 bits per heavy atom. The second-order valence-electron chi connectivity index (χ2n) is 13.2. The van der Waals surface area contributed by atoms with Gasteiger partial charge in [-0.25, -0.2) is 15.0 Å². The lowest BCUT2D eigenvalue weighted by Gasteiger charge is -2.33. The van der Waals surface area contributed by atoms with Crippen LogP contribution in [0.4, 0.5) is 0 Å². The topological polar surface area (TPSA) is 43.6 Å². The Balaban J connectivity index is 1.31. The number of aromatic nitrogens is 4. The maximum absolute atomic E-state index is 5.10. The molecule has 1 aliphatic carbocycles. The molecule has 0 atom stereocenters. The second kappa shape index (κ2) is 12.1. The van der Waals surface area contributed by atoms with Crippen molar-refractivity contribution in [2.75, 3.05) is 0 Å². The monoisotopic (exact) mass is 664 g/mol. The number of hydrogen-bond donors (Lipinski definition) is 0. The van der Waals surface area contributed by atoms with Crippen LogP contribution in [0.1, 0.15) is 22.3 Å². The van der Waals surface area contributed by atoms with Crippen molar-refractivity contribution in [2.24, 2.45) is 0 Å². The van der Waals surface area contributed by atoms with Crippen LogP contribution in [-0.4, -0.2) is 19.5 Å². The van der Waals surface area contributed by atoms with E-state index in [-0.39, 0.29) is 0 Å². The molecular weight excluding hydrogens is 633 g/mol. The number of nitrogens with zero attached hydrogens (tertiary/aromatic N) is 4. The van der Waals surface area contributed by atoms with E-state index < -0.39 is 5.41 Å². The van der Waals surface area contributed by atoms with Crippen molar-refractivity contribution in [3.05, 3.63) is 216 Å². The molecular formula is C48H32N4. The third kappa shape index (κ3) is 4.58. The van der Waals surface area contributed by atoms with E-state index in [1.165, 1.54) is 38.9 Å². The minimum atomic E-state index is -0.539. The largest absolute Gasteiger partial charge is 0.309 e. The van der Waals surface area contributed by atoms with Gasteiger partial charge in [-0.1, -0.05) is 176 Å². The van der Waals surface area contributed by atoms with Gasteiger partial charge in [-0.15, -0.1) is 0 Å². The summed E-state index contributed by atoms with van der Waals surface area (Å²) in [6.07, 6.45) is 0. The lowest BCUT2D eigenvalue weighted by Crippen LogP contribution is -2.28. The molecule has 2 heterocycles. The van der Waals surface area contributed by atoms with E-state index in [1.54, 1.807) is 0 Å². The zero-order valence-corrected chi connectivity index (χ0v) is 28.3. The van der Waals surface area contributed by atoms with E-state index in [0.29, 0.717) is 17.5 Å². The molecule has 0 radical (unpaired) electrons. The van der Waals surface area contributed by atoms with E-state index in [4.69, 9.17) is 15.0 Å². The molecule has 1 aliphatic rings. The summed E-state index contributed by atoms with van der Waals surface area (Å²) < 4.78 is 2.44. The molecule has 0 aliphatic heterocycles. The molecule has 0 fully saturated rings. The molecule has 2 aromatic heterocycles. The third-order valence-corrected chi connectivity index (χ3v) is 10.3. The Kier molecular flexibility index (Phi) is 7.00. The highest BCUT2D eigenvalue weighted by Crippen LogP contribution is 2.59. The van der Waals surface area contributed by atoms with Crippen molar-refractivity contribution in [2.45, 2.75) is 5.41 Å². The van der Waals surface area contributed by atoms with Crippen molar-refractivity contribution >= 4 is 10.9 Å². The average Bonchev–Trinajstić information content (AvgIpc) is 3.73. The first-order chi connectivity index (χ1) is 25.8. The number of para-hydroxylation sites is 1. The lowest BCUT2D eigenvalue weighted by molar-refractivity contribution is 0.775. The Bertz CT molecular complexity index is 2610. The van der Waals surface area contributed by atoms with Crippen molar-refractivity contribution in [3.8, 4) is 51.1 Å². The Labute approximate surface area is 302 Å². The van der Waals surface area contributed by atoms with Crippen molar-refractivity contribution < 1.29 is 0 Å². The minimum Gasteiger partial charge on any atom is -0.309 e. The van der Waals surface area contributed by atoms with Gasteiger partial charge in [-0.2, -0.15) is 0 Å². The van der Waals surface area contributed by atoms with Gasteiger partial charge in [0.05, 0.1) is 16.6 Å². The van der Waals surface area contributed by atoms with Crippen LogP contribution in [0.3, 0.4) is 0 Å². The maximum atomic E-state index is 5.10. The Morgan fingerprint density at radius 1 is 0.404 bits per heavy atom. The van der Waals surface area contributed by atoms with Gasteiger partial charge in [0.2, 0.25) is 0 Å². The standard InChI is InChI=1S/C48H32N4/c1-6-18-33(19-7-1)45-49-46(34-20-8-2-9-21-34)51-47(50-45)35-30-31-40-42(32-35)52(38-26-14-5-15-27-38)44-39-28-16-17-29-41(39)48(43(40)44,36-22-10-3-11-23-36)37-24-12-4-13-25-37/h1-32H. The molecule has 0 amide bonds. The van der Waals surface area contributed by atoms with E-state index in [1.807, 2.05) is 60.7 Å². The fourth-order valence-electron chi connectivity index (χ4n) is 8.14. The summed E-state index contributed by atoms with van der Waals surface area (Å²) in [5, 5.41) is 1.19. The highest BCUT2D eigenvalue weighted by Gasteiger charge is 2.49. The number of hydrogen-bond acceptors (Lipinski definition) is 3. The Hall–Kier alpha value is -6.91. The van der Waals surface area contributed by atoms with E-state index in [9.17, 15) is 0 Å². The quantitative estimate of drug-likeness (QED) is 0.178. The molecule has 10 rings (SSSR count). The lowest BCUT2D eigenvalue weighted by atomic mass is 9.67. The molecule has 4 nitrogen and oxygen atoms in total. The molecule has 0 N–H and O–H groups in total. The minimum absolute atomic E-state index is 0.539. The number of benzene rings is 7.